The van der Waals surface area contributed by atoms with Gasteiger partial charge in [-0.05, 0) is 66.1 Å². The molecule has 35 heavy (non-hydrogen) atoms. The van der Waals surface area contributed by atoms with Gasteiger partial charge in [0.05, 0.1) is 23.4 Å². The first-order valence-electron chi connectivity index (χ1n) is 10.7. The topological polar surface area (TPSA) is 88.1 Å². The fourth-order valence-corrected chi connectivity index (χ4v) is 4.92. The number of rotatable bonds is 10. The predicted molar refractivity (Wildman–Crippen MR) is 140 cm³/mol. The van der Waals surface area contributed by atoms with E-state index in [9.17, 15) is 13.2 Å². The van der Waals surface area contributed by atoms with Gasteiger partial charge in [-0.1, -0.05) is 55.2 Å². The monoisotopic (exact) mass is 533 g/mol. The Labute approximate surface area is 215 Å². The molecule has 0 aromatic heterocycles. The average molecular weight is 534 g/mol. The van der Waals surface area contributed by atoms with Crippen LogP contribution in [0, 0.1) is 5.92 Å². The molecular formula is C25H25Cl2N3O4S. The highest BCUT2D eigenvalue weighted by Gasteiger charge is 2.27. The molecule has 10 heteroatoms. The molecule has 3 rings (SSSR count). The zero-order valence-electron chi connectivity index (χ0n) is 19.2. The van der Waals surface area contributed by atoms with Crippen molar-refractivity contribution in [3.05, 3.63) is 88.4 Å². The predicted octanol–water partition coefficient (Wildman–Crippen LogP) is 5.37. The number of amides is 1. The zero-order chi connectivity index (χ0) is 25.4. The van der Waals surface area contributed by atoms with Crippen molar-refractivity contribution in [2.75, 3.05) is 17.5 Å². The Balaban J connectivity index is 1.75. The lowest BCUT2D eigenvalue weighted by atomic mass is 10.2. The minimum atomic E-state index is -4.09. The first-order valence-corrected chi connectivity index (χ1v) is 12.9. The lowest BCUT2D eigenvalue weighted by molar-refractivity contribution is -0.119. The summed E-state index contributed by atoms with van der Waals surface area (Å²) < 4.78 is 33.2. The summed E-state index contributed by atoms with van der Waals surface area (Å²) in [5.41, 5.74) is 3.25. The van der Waals surface area contributed by atoms with Crippen molar-refractivity contribution in [3.63, 3.8) is 0 Å². The second-order valence-corrected chi connectivity index (χ2v) is 10.8. The normalized spacial score (nSPS) is 11.6. The molecule has 7 nitrogen and oxygen atoms in total. The van der Waals surface area contributed by atoms with Crippen LogP contribution >= 0.6 is 23.2 Å². The average Bonchev–Trinajstić information content (AvgIpc) is 2.82. The van der Waals surface area contributed by atoms with E-state index in [1.165, 1.54) is 36.5 Å². The number of carbonyl (C=O) groups is 1. The van der Waals surface area contributed by atoms with Crippen LogP contribution in [-0.2, 0) is 14.8 Å². The molecule has 0 bridgehead atoms. The van der Waals surface area contributed by atoms with Gasteiger partial charge in [0.15, 0.2) is 0 Å². The highest BCUT2D eigenvalue weighted by atomic mass is 35.5. The van der Waals surface area contributed by atoms with E-state index in [-0.39, 0.29) is 20.6 Å². The molecule has 0 spiro atoms. The Morgan fingerprint density at radius 2 is 1.66 bits per heavy atom. The van der Waals surface area contributed by atoms with Crippen molar-refractivity contribution >= 4 is 51.0 Å². The molecule has 0 fully saturated rings. The summed E-state index contributed by atoms with van der Waals surface area (Å²) in [5, 5.41) is 4.42. The number of carbonyl (C=O) groups excluding carboxylic acids is 1. The van der Waals surface area contributed by atoms with Gasteiger partial charge in [-0.2, -0.15) is 5.10 Å². The van der Waals surface area contributed by atoms with Crippen molar-refractivity contribution in [2.24, 2.45) is 11.0 Å². The maximum absolute atomic E-state index is 13.3. The van der Waals surface area contributed by atoms with Gasteiger partial charge in [-0.15, -0.1) is 0 Å². The fraction of sp³-hybridized carbons (Fsp3) is 0.200. The Morgan fingerprint density at radius 1 is 1.03 bits per heavy atom. The minimum absolute atomic E-state index is 0.0205. The largest absolute Gasteiger partial charge is 0.493 e. The maximum atomic E-state index is 13.3. The van der Waals surface area contributed by atoms with Crippen molar-refractivity contribution in [2.45, 2.75) is 18.7 Å². The molecule has 0 aliphatic rings. The fourth-order valence-electron chi connectivity index (χ4n) is 2.98. The Morgan fingerprint density at radius 3 is 2.26 bits per heavy atom. The summed E-state index contributed by atoms with van der Waals surface area (Å²) in [7, 11) is -4.09. The Kier molecular flexibility index (Phi) is 9.14. The summed E-state index contributed by atoms with van der Waals surface area (Å²) in [6.45, 7) is 4.21. The number of sulfonamides is 1. The lowest BCUT2D eigenvalue weighted by Gasteiger charge is -2.24. The number of nitrogens with one attached hydrogen (secondary N) is 1. The summed E-state index contributed by atoms with van der Waals surface area (Å²) in [6, 6.07) is 19.3. The highest BCUT2D eigenvalue weighted by molar-refractivity contribution is 7.92. The van der Waals surface area contributed by atoms with Gasteiger partial charge in [0, 0.05) is 10.0 Å². The van der Waals surface area contributed by atoms with E-state index in [0.29, 0.717) is 12.5 Å². The SMILES string of the molecule is CC(C)COc1ccc(/C=N\NC(=O)CN(c2cc(Cl)cc(Cl)c2)S(=O)(=O)c2ccccc2)cc1. The Bertz CT molecular complexity index is 1260. The lowest BCUT2D eigenvalue weighted by Crippen LogP contribution is -2.39. The van der Waals surface area contributed by atoms with Gasteiger partial charge in [0.1, 0.15) is 12.3 Å². The van der Waals surface area contributed by atoms with Crippen molar-refractivity contribution < 1.29 is 17.9 Å². The third-order valence-corrected chi connectivity index (χ3v) is 6.84. The van der Waals surface area contributed by atoms with Crippen LogP contribution in [0.2, 0.25) is 10.0 Å². The number of halogens is 2. The highest BCUT2D eigenvalue weighted by Crippen LogP contribution is 2.29. The van der Waals surface area contributed by atoms with E-state index in [2.05, 4.69) is 24.4 Å². The van der Waals surface area contributed by atoms with E-state index in [1.54, 1.807) is 30.3 Å². The van der Waals surface area contributed by atoms with Crippen LogP contribution in [0.5, 0.6) is 5.75 Å². The number of hydrogen-bond acceptors (Lipinski definition) is 5. The number of nitrogens with zero attached hydrogens (tertiary/aromatic N) is 2. The van der Waals surface area contributed by atoms with Gasteiger partial charge >= 0.3 is 0 Å². The third-order valence-electron chi connectivity index (χ3n) is 4.62. The van der Waals surface area contributed by atoms with E-state index in [4.69, 9.17) is 27.9 Å². The molecule has 0 saturated carbocycles. The second-order valence-electron chi connectivity index (χ2n) is 8.02. The summed E-state index contributed by atoms with van der Waals surface area (Å²) in [5.74, 6) is 0.509. The molecule has 1 N–H and O–H groups in total. The van der Waals surface area contributed by atoms with Crippen LogP contribution in [0.25, 0.3) is 0 Å². The van der Waals surface area contributed by atoms with Crippen LogP contribution in [-0.4, -0.2) is 33.7 Å². The number of ether oxygens (including phenoxy) is 1. The molecule has 0 radical (unpaired) electrons. The molecule has 0 heterocycles. The zero-order valence-corrected chi connectivity index (χ0v) is 21.5. The van der Waals surface area contributed by atoms with Gasteiger partial charge in [0.25, 0.3) is 15.9 Å². The molecule has 3 aromatic carbocycles. The van der Waals surface area contributed by atoms with E-state index < -0.39 is 22.5 Å². The van der Waals surface area contributed by atoms with Crippen LogP contribution in [0.15, 0.2) is 82.8 Å². The first-order chi connectivity index (χ1) is 16.6. The van der Waals surface area contributed by atoms with Gasteiger partial charge in [-0.25, -0.2) is 13.8 Å². The van der Waals surface area contributed by atoms with Gasteiger partial charge in [0.2, 0.25) is 0 Å². The molecule has 184 valence electrons. The molecule has 0 atom stereocenters. The number of benzene rings is 3. The number of hydrogen-bond donors (Lipinski definition) is 1. The summed E-state index contributed by atoms with van der Waals surface area (Å²) in [6.07, 6.45) is 1.45. The van der Waals surface area contributed by atoms with Crippen molar-refractivity contribution in [3.8, 4) is 5.75 Å². The van der Waals surface area contributed by atoms with E-state index in [1.807, 2.05) is 12.1 Å². The molecule has 0 aliphatic heterocycles. The molecule has 0 saturated heterocycles. The minimum Gasteiger partial charge on any atom is -0.493 e. The van der Waals surface area contributed by atoms with Crippen LogP contribution < -0.4 is 14.5 Å². The maximum Gasteiger partial charge on any atom is 0.264 e. The first kappa shape index (κ1) is 26.5. The van der Waals surface area contributed by atoms with E-state index in [0.717, 1.165) is 15.6 Å². The standard InChI is InChI=1S/C25H25Cl2N3O4S/c1-18(2)17-34-23-10-8-19(9-11-23)15-28-29-25(31)16-30(22-13-20(26)12-21(27)14-22)35(32,33)24-6-4-3-5-7-24/h3-15,18H,16-17H2,1-2H3,(H,29,31)/b28-15-. The number of anilines is 1. The number of hydrazone groups is 1. The van der Waals surface area contributed by atoms with E-state index >= 15 is 0 Å². The summed E-state index contributed by atoms with van der Waals surface area (Å²) in [4.78, 5) is 12.7. The van der Waals surface area contributed by atoms with Crippen molar-refractivity contribution in [1.29, 1.82) is 0 Å². The van der Waals surface area contributed by atoms with Crippen LogP contribution in [0.4, 0.5) is 5.69 Å². The van der Waals surface area contributed by atoms with Crippen LogP contribution in [0.3, 0.4) is 0 Å². The molecule has 0 unspecified atom stereocenters. The van der Waals surface area contributed by atoms with Gasteiger partial charge in [-0.3, -0.25) is 9.10 Å². The smallest absolute Gasteiger partial charge is 0.264 e. The Hall–Kier alpha value is -3.07. The quantitative estimate of drug-likeness (QED) is 0.280. The van der Waals surface area contributed by atoms with Crippen molar-refractivity contribution in [1.82, 2.24) is 5.43 Å². The molecule has 3 aromatic rings. The summed E-state index contributed by atoms with van der Waals surface area (Å²) >= 11 is 12.2. The van der Waals surface area contributed by atoms with Gasteiger partial charge < -0.3 is 4.74 Å². The molecular weight excluding hydrogens is 509 g/mol. The van der Waals surface area contributed by atoms with Crippen LogP contribution in [0.1, 0.15) is 19.4 Å². The third kappa shape index (κ3) is 7.71. The molecule has 0 aliphatic carbocycles. The second kappa shape index (κ2) is 12.1. The molecule has 1 amide bonds.